The fraction of sp³-hybridized carbons (Fsp3) is 0.455. The molecule has 1 aliphatic heterocycles. The molecule has 2 rings (SSSR count). The van der Waals surface area contributed by atoms with Gasteiger partial charge in [-0.3, -0.25) is 0 Å². The second kappa shape index (κ2) is 6.55. The third-order valence-electron chi connectivity index (χ3n) is 2.47. The average molecular weight is 283 g/mol. The van der Waals surface area contributed by atoms with Crippen LogP contribution in [0.1, 0.15) is 12.8 Å². The summed E-state index contributed by atoms with van der Waals surface area (Å²) in [5.41, 5.74) is 0. The number of hydrogen-bond donors (Lipinski definition) is 1. The number of nitrogens with one attached hydrogen (secondary N) is 1. The fourth-order valence-corrected chi connectivity index (χ4v) is 1.98. The van der Waals surface area contributed by atoms with Crippen LogP contribution in [-0.4, -0.2) is 19.2 Å². The molecule has 5 heteroatoms. The van der Waals surface area contributed by atoms with Gasteiger partial charge in [0.15, 0.2) is 0 Å². The molecule has 90 valence electrons. The van der Waals surface area contributed by atoms with E-state index < -0.39 is 0 Å². The van der Waals surface area contributed by atoms with Gasteiger partial charge in [-0.05, 0) is 38.1 Å². The van der Waals surface area contributed by atoms with E-state index in [1.54, 1.807) is 18.2 Å². The lowest BCUT2D eigenvalue weighted by Gasteiger charge is -2.24. The van der Waals surface area contributed by atoms with Crippen LogP contribution in [0.15, 0.2) is 18.2 Å². The molecule has 2 nitrogen and oxygen atoms in total. The van der Waals surface area contributed by atoms with Crippen molar-refractivity contribution in [2.75, 3.05) is 13.1 Å². The Morgan fingerprint density at radius 1 is 1.19 bits per heavy atom. The summed E-state index contributed by atoms with van der Waals surface area (Å²) in [6.07, 6.45) is 2.29. The highest BCUT2D eigenvalue weighted by atomic mass is 35.5. The molecule has 16 heavy (non-hydrogen) atoms. The molecule has 1 fully saturated rings. The molecule has 0 saturated carbocycles. The van der Waals surface area contributed by atoms with Gasteiger partial charge in [-0.25, -0.2) is 0 Å². The summed E-state index contributed by atoms with van der Waals surface area (Å²) in [6, 6.07) is 5.30. The maximum atomic E-state index is 6.02. The van der Waals surface area contributed by atoms with Crippen LogP contribution in [0.2, 0.25) is 10.0 Å². The van der Waals surface area contributed by atoms with Gasteiger partial charge in [0.05, 0.1) is 5.02 Å². The Morgan fingerprint density at radius 2 is 1.88 bits per heavy atom. The first-order chi connectivity index (χ1) is 7.25. The lowest BCUT2D eigenvalue weighted by atomic mass is 10.1. The Kier molecular flexibility index (Phi) is 5.70. The van der Waals surface area contributed by atoms with Gasteiger partial charge in [-0.1, -0.05) is 23.2 Å². The molecule has 0 spiro atoms. The van der Waals surface area contributed by atoms with Crippen LogP contribution in [-0.2, 0) is 0 Å². The average Bonchev–Trinajstić information content (AvgIpc) is 2.25. The number of rotatable bonds is 2. The van der Waals surface area contributed by atoms with Gasteiger partial charge in [0, 0.05) is 11.1 Å². The van der Waals surface area contributed by atoms with Gasteiger partial charge in [0.2, 0.25) is 0 Å². The van der Waals surface area contributed by atoms with Crippen LogP contribution < -0.4 is 10.1 Å². The minimum absolute atomic E-state index is 0. The van der Waals surface area contributed by atoms with Crippen molar-refractivity contribution in [1.82, 2.24) is 5.32 Å². The minimum Gasteiger partial charge on any atom is -0.489 e. The van der Waals surface area contributed by atoms with Gasteiger partial charge in [0.1, 0.15) is 11.9 Å². The van der Waals surface area contributed by atoms with E-state index in [-0.39, 0.29) is 18.5 Å². The van der Waals surface area contributed by atoms with Crippen LogP contribution in [0.3, 0.4) is 0 Å². The van der Waals surface area contributed by atoms with Crippen molar-refractivity contribution in [3.8, 4) is 5.75 Å². The van der Waals surface area contributed by atoms with Crippen molar-refractivity contribution in [3.05, 3.63) is 28.2 Å². The molecule has 1 aliphatic rings. The van der Waals surface area contributed by atoms with E-state index in [4.69, 9.17) is 27.9 Å². The zero-order valence-electron chi connectivity index (χ0n) is 8.71. The molecule has 0 atom stereocenters. The maximum absolute atomic E-state index is 6.02. The quantitative estimate of drug-likeness (QED) is 0.896. The summed E-state index contributed by atoms with van der Waals surface area (Å²) in [4.78, 5) is 0. The minimum atomic E-state index is 0. The van der Waals surface area contributed by atoms with E-state index in [9.17, 15) is 0 Å². The number of hydrogen-bond acceptors (Lipinski definition) is 2. The molecular formula is C11H14Cl3NO. The van der Waals surface area contributed by atoms with E-state index in [1.807, 2.05) is 0 Å². The SMILES string of the molecule is Cl.Clc1ccc(Cl)c(OC2CCNCC2)c1. The Hall–Kier alpha value is -0.150. The van der Waals surface area contributed by atoms with Gasteiger partial charge in [-0.2, -0.15) is 0 Å². The summed E-state index contributed by atoms with van der Waals surface area (Å²) in [5, 5.41) is 4.57. The molecule has 0 unspecified atom stereocenters. The molecular weight excluding hydrogens is 268 g/mol. The highest BCUT2D eigenvalue weighted by molar-refractivity contribution is 6.34. The van der Waals surface area contributed by atoms with Gasteiger partial charge < -0.3 is 10.1 Å². The Bertz CT molecular complexity index is 340. The number of ether oxygens (including phenoxy) is 1. The highest BCUT2D eigenvalue weighted by Gasteiger charge is 2.15. The third-order valence-corrected chi connectivity index (χ3v) is 3.02. The monoisotopic (exact) mass is 281 g/mol. The lowest BCUT2D eigenvalue weighted by Crippen LogP contribution is -2.34. The fourth-order valence-electron chi connectivity index (χ4n) is 1.66. The summed E-state index contributed by atoms with van der Waals surface area (Å²) >= 11 is 11.9. The van der Waals surface area contributed by atoms with Crippen molar-refractivity contribution in [2.24, 2.45) is 0 Å². The summed E-state index contributed by atoms with van der Waals surface area (Å²) < 4.78 is 5.81. The lowest BCUT2D eigenvalue weighted by molar-refractivity contribution is 0.162. The van der Waals surface area contributed by atoms with Crippen molar-refractivity contribution in [2.45, 2.75) is 18.9 Å². The van der Waals surface area contributed by atoms with Crippen LogP contribution in [0.25, 0.3) is 0 Å². The van der Waals surface area contributed by atoms with Crippen molar-refractivity contribution in [3.63, 3.8) is 0 Å². The molecule has 0 amide bonds. The number of piperidine rings is 1. The molecule has 0 aliphatic carbocycles. The molecule has 0 radical (unpaired) electrons. The zero-order valence-corrected chi connectivity index (χ0v) is 11.0. The Morgan fingerprint density at radius 3 is 2.56 bits per heavy atom. The Labute approximate surface area is 112 Å². The van der Waals surface area contributed by atoms with Gasteiger partial charge in [0.25, 0.3) is 0 Å². The normalized spacial score (nSPS) is 16.6. The molecule has 1 aromatic carbocycles. The summed E-state index contributed by atoms with van der Waals surface area (Å²) in [7, 11) is 0. The van der Waals surface area contributed by atoms with Gasteiger partial charge in [-0.15, -0.1) is 12.4 Å². The standard InChI is InChI=1S/C11H13Cl2NO.ClH/c12-8-1-2-10(13)11(7-8)15-9-3-5-14-6-4-9;/h1-2,7,9,14H,3-6H2;1H. The van der Waals surface area contributed by atoms with Crippen molar-refractivity contribution < 1.29 is 4.74 Å². The molecule has 0 aromatic heterocycles. The summed E-state index contributed by atoms with van der Waals surface area (Å²) in [6.45, 7) is 2.01. The van der Waals surface area contributed by atoms with Crippen molar-refractivity contribution >= 4 is 35.6 Å². The third kappa shape index (κ3) is 3.70. The topological polar surface area (TPSA) is 21.3 Å². The van der Waals surface area contributed by atoms with Crippen LogP contribution in [0.4, 0.5) is 0 Å². The second-order valence-corrected chi connectivity index (χ2v) is 4.49. The van der Waals surface area contributed by atoms with E-state index in [2.05, 4.69) is 5.32 Å². The predicted molar refractivity (Wildman–Crippen MR) is 70.2 cm³/mol. The van der Waals surface area contributed by atoms with E-state index in [0.29, 0.717) is 15.8 Å². The number of benzene rings is 1. The van der Waals surface area contributed by atoms with Crippen molar-refractivity contribution in [1.29, 1.82) is 0 Å². The highest BCUT2D eigenvalue weighted by Crippen LogP contribution is 2.29. The zero-order chi connectivity index (χ0) is 10.7. The predicted octanol–water partition coefficient (Wildman–Crippen LogP) is 3.55. The molecule has 1 aromatic rings. The number of halogens is 3. The Balaban J connectivity index is 0.00000128. The largest absolute Gasteiger partial charge is 0.489 e. The maximum Gasteiger partial charge on any atom is 0.139 e. The molecule has 0 bridgehead atoms. The van der Waals surface area contributed by atoms with E-state index >= 15 is 0 Å². The van der Waals surface area contributed by atoms with Gasteiger partial charge >= 0.3 is 0 Å². The molecule has 1 saturated heterocycles. The summed E-state index contributed by atoms with van der Waals surface area (Å²) in [5.74, 6) is 0.691. The second-order valence-electron chi connectivity index (χ2n) is 3.64. The molecule has 1 N–H and O–H groups in total. The van der Waals surface area contributed by atoms with Crippen LogP contribution in [0, 0.1) is 0 Å². The van der Waals surface area contributed by atoms with E-state index in [0.717, 1.165) is 25.9 Å². The first-order valence-electron chi connectivity index (χ1n) is 5.08. The first-order valence-corrected chi connectivity index (χ1v) is 5.84. The van der Waals surface area contributed by atoms with Crippen LogP contribution in [0.5, 0.6) is 5.75 Å². The molecule has 1 heterocycles. The smallest absolute Gasteiger partial charge is 0.139 e. The first kappa shape index (κ1) is 13.9. The van der Waals surface area contributed by atoms with Crippen LogP contribution >= 0.6 is 35.6 Å². The van der Waals surface area contributed by atoms with E-state index in [1.165, 1.54) is 0 Å².